The van der Waals surface area contributed by atoms with Crippen LogP contribution in [0, 0.1) is 35.5 Å². The van der Waals surface area contributed by atoms with Crippen LogP contribution in [0.5, 0.6) is 0 Å². The van der Waals surface area contributed by atoms with Gasteiger partial charge in [0.05, 0.1) is 23.7 Å². The molecule has 4 fully saturated rings. The summed E-state index contributed by atoms with van der Waals surface area (Å²) < 4.78 is 9.41. The number of fused-ring (bicyclic) bond motifs is 9. The van der Waals surface area contributed by atoms with E-state index < -0.39 is 47.5 Å². The first kappa shape index (κ1) is 10.2. The zero-order valence-electron chi connectivity index (χ0n) is 9.33. The zero-order chi connectivity index (χ0) is 12.6. The molecule has 6 heteroatoms. The third-order valence-corrected chi connectivity index (χ3v) is 4.93. The first-order chi connectivity index (χ1) is 8.58. The van der Waals surface area contributed by atoms with Crippen molar-refractivity contribution in [2.45, 2.75) is 12.8 Å². The van der Waals surface area contributed by atoms with Gasteiger partial charge < -0.3 is 9.47 Å². The molecule has 0 amide bonds. The SMILES string of the molecule is O=C1OC(=O)[C@H]2CC1C1C3C[C@@H](C(=O)OC3=O)C12. The Morgan fingerprint density at radius 2 is 0.889 bits per heavy atom. The normalized spacial score (nSPS) is 48.9. The molecule has 4 aliphatic rings. The lowest BCUT2D eigenvalue weighted by Gasteiger charge is -2.25. The van der Waals surface area contributed by atoms with Gasteiger partial charge >= 0.3 is 23.9 Å². The molecule has 6 atom stereocenters. The second-order valence-electron chi connectivity index (χ2n) is 5.53. The summed E-state index contributed by atoms with van der Waals surface area (Å²) in [7, 11) is 0. The predicted octanol–water partition coefficient (Wildman–Crippen LogP) is -0.342. The van der Waals surface area contributed by atoms with E-state index in [1.54, 1.807) is 0 Å². The predicted molar refractivity (Wildman–Crippen MR) is 52.4 cm³/mol. The number of hydrogen-bond acceptors (Lipinski definition) is 6. The highest BCUT2D eigenvalue weighted by Crippen LogP contribution is 2.60. The molecule has 2 saturated carbocycles. The summed E-state index contributed by atoms with van der Waals surface area (Å²) in [6, 6.07) is 0. The summed E-state index contributed by atoms with van der Waals surface area (Å²) in [5.74, 6) is -4.38. The van der Waals surface area contributed by atoms with E-state index in [1.165, 1.54) is 0 Å². The van der Waals surface area contributed by atoms with E-state index in [0.29, 0.717) is 12.8 Å². The molecule has 0 aromatic carbocycles. The molecule has 0 spiro atoms. The average molecular weight is 250 g/mol. The number of ether oxygens (including phenoxy) is 2. The first-order valence-electron chi connectivity index (χ1n) is 6.09. The number of hydrogen-bond donors (Lipinski definition) is 0. The highest BCUT2D eigenvalue weighted by Gasteiger charge is 2.67. The topological polar surface area (TPSA) is 86.7 Å². The van der Waals surface area contributed by atoms with Gasteiger partial charge in [0, 0.05) is 0 Å². The van der Waals surface area contributed by atoms with Gasteiger partial charge in [-0.25, -0.2) is 0 Å². The van der Waals surface area contributed by atoms with Crippen molar-refractivity contribution in [3.8, 4) is 0 Å². The molecule has 0 aromatic rings. The highest BCUT2D eigenvalue weighted by molar-refractivity contribution is 5.97. The van der Waals surface area contributed by atoms with E-state index in [1.807, 2.05) is 0 Å². The Hall–Kier alpha value is -1.72. The largest absolute Gasteiger partial charge is 0.393 e. The molecule has 0 radical (unpaired) electrons. The third-order valence-electron chi connectivity index (χ3n) is 4.93. The third kappa shape index (κ3) is 0.996. The lowest BCUT2D eigenvalue weighted by Crippen LogP contribution is -2.38. The fourth-order valence-electron chi connectivity index (χ4n) is 4.32. The number of esters is 4. The molecule has 4 unspecified atom stereocenters. The number of carbonyl (C=O) groups is 4. The maximum absolute atomic E-state index is 11.7. The highest BCUT2D eigenvalue weighted by atomic mass is 16.6. The summed E-state index contributed by atoms with van der Waals surface area (Å²) >= 11 is 0. The minimum absolute atomic E-state index is 0.252. The second kappa shape index (κ2) is 2.99. The van der Waals surface area contributed by atoms with Gasteiger partial charge in [0.25, 0.3) is 0 Å². The summed E-state index contributed by atoms with van der Waals surface area (Å²) in [5, 5.41) is 0. The van der Waals surface area contributed by atoms with Crippen LogP contribution in [-0.2, 0) is 28.7 Å². The van der Waals surface area contributed by atoms with Crippen LogP contribution in [0.15, 0.2) is 0 Å². The van der Waals surface area contributed by atoms with Gasteiger partial charge in [0.2, 0.25) is 0 Å². The second-order valence-corrected chi connectivity index (χ2v) is 5.53. The van der Waals surface area contributed by atoms with Crippen molar-refractivity contribution in [3.63, 3.8) is 0 Å². The molecule has 2 aliphatic carbocycles. The van der Waals surface area contributed by atoms with E-state index in [-0.39, 0.29) is 11.8 Å². The summed E-state index contributed by atoms with van der Waals surface area (Å²) in [5.41, 5.74) is 0. The van der Waals surface area contributed by atoms with Gasteiger partial charge in [-0.05, 0) is 24.7 Å². The summed E-state index contributed by atoms with van der Waals surface area (Å²) in [6.45, 7) is 0. The quantitative estimate of drug-likeness (QED) is 0.332. The van der Waals surface area contributed by atoms with E-state index in [9.17, 15) is 19.2 Å². The summed E-state index contributed by atoms with van der Waals surface area (Å²) in [4.78, 5) is 46.8. The lowest BCUT2D eigenvalue weighted by atomic mass is 9.84. The van der Waals surface area contributed by atoms with Gasteiger partial charge in [-0.3, -0.25) is 19.2 Å². The zero-order valence-corrected chi connectivity index (χ0v) is 9.33. The Morgan fingerprint density at radius 1 is 0.611 bits per heavy atom. The van der Waals surface area contributed by atoms with E-state index in [0.717, 1.165) is 0 Å². The molecule has 0 N–H and O–H groups in total. The van der Waals surface area contributed by atoms with Crippen molar-refractivity contribution in [2.75, 3.05) is 0 Å². The molecule has 4 bridgehead atoms. The fraction of sp³-hybridized carbons (Fsp3) is 0.667. The standard InChI is InChI=1S/C12H10O6/c13-9-3-1-4(10(14)17-9)8-6-2-5(7(3)8)11(15)18-12(6)16/h3-8H,1-2H2/t3-,4?,5+,6?,7?,8?. The number of rotatable bonds is 0. The van der Waals surface area contributed by atoms with Gasteiger partial charge in [-0.2, -0.15) is 0 Å². The molecule has 2 heterocycles. The molecule has 6 nitrogen and oxygen atoms in total. The van der Waals surface area contributed by atoms with Crippen LogP contribution < -0.4 is 0 Å². The minimum Gasteiger partial charge on any atom is -0.393 e. The molecule has 94 valence electrons. The fourth-order valence-corrected chi connectivity index (χ4v) is 4.32. The molecule has 4 rings (SSSR count). The molecule has 0 aromatic heterocycles. The number of carbonyl (C=O) groups excluding carboxylic acids is 4. The Labute approximate surface area is 102 Å². The van der Waals surface area contributed by atoms with E-state index in [2.05, 4.69) is 0 Å². The monoisotopic (exact) mass is 250 g/mol. The van der Waals surface area contributed by atoms with Crippen molar-refractivity contribution in [1.82, 2.24) is 0 Å². The molecular weight excluding hydrogens is 240 g/mol. The van der Waals surface area contributed by atoms with Crippen molar-refractivity contribution < 1.29 is 28.7 Å². The van der Waals surface area contributed by atoms with Crippen molar-refractivity contribution in [1.29, 1.82) is 0 Å². The summed E-state index contributed by atoms with van der Waals surface area (Å²) in [6.07, 6.45) is 0.834. The first-order valence-corrected chi connectivity index (χ1v) is 6.09. The number of cyclic esters (lactones) is 4. The van der Waals surface area contributed by atoms with Crippen LogP contribution >= 0.6 is 0 Å². The minimum atomic E-state index is -0.545. The van der Waals surface area contributed by atoms with E-state index >= 15 is 0 Å². The van der Waals surface area contributed by atoms with Gasteiger partial charge in [0.1, 0.15) is 0 Å². The molecular formula is C12H10O6. The lowest BCUT2D eigenvalue weighted by molar-refractivity contribution is -0.173. The van der Waals surface area contributed by atoms with Crippen LogP contribution in [0.3, 0.4) is 0 Å². The Balaban J connectivity index is 1.83. The van der Waals surface area contributed by atoms with Crippen LogP contribution in [0.2, 0.25) is 0 Å². The molecule has 2 aliphatic heterocycles. The van der Waals surface area contributed by atoms with Crippen LogP contribution in [0.4, 0.5) is 0 Å². The Kier molecular flexibility index (Phi) is 1.70. The van der Waals surface area contributed by atoms with E-state index in [4.69, 9.17) is 9.47 Å². The van der Waals surface area contributed by atoms with Gasteiger partial charge in [0.15, 0.2) is 0 Å². The average Bonchev–Trinajstić information content (AvgIpc) is 2.79. The van der Waals surface area contributed by atoms with Crippen LogP contribution in [0.25, 0.3) is 0 Å². The maximum Gasteiger partial charge on any atom is 0.316 e. The molecule has 2 saturated heterocycles. The van der Waals surface area contributed by atoms with Gasteiger partial charge in [-0.15, -0.1) is 0 Å². The maximum atomic E-state index is 11.7. The van der Waals surface area contributed by atoms with Crippen LogP contribution in [-0.4, -0.2) is 23.9 Å². The Morgan fingerprint density at radius 3 is 1.17 bits per heavy atom. The van der Waals surface area contributed by atoms with Crippen molar-refractivity contribution in [3.05, 3.63) is 0 Å². The van der Waals surface area contributed by atoms with Crippen molar-refractivity contribution >= 4 is 23.9 Å². The molecule has 18 heavy (non-hydrogen) atoms. The Bertz CT molecular complexity index is 423. The van der Waals surface area contributed by atoms with Crippen molar-refractivity contribution in [2.24, 2.45) is 35.5 Å². The van der Waals surface area contributed by atoms with Gasteiger partial charge in [-0.1, -0.05) is 0 Å². The smallest absolute Gasteiger partial charge is 0.316 e. The van der Waals surface area contributed by atoms with Crippen LogP contribution in [0.1, 0.15) is 12.8 Å².